The van der Waals surface area contributed by atoms with Crippen molar-refractivity contribution in [3.63, 3.8) is 0 Å². The molecule has 4 rings (SSSR count). The van der Waals surface area contributed by atoms with Crippen molar-refractivity contribution in [2.24, 2.45) is 0 Å². The second-order valence-electron chi connectivity index (χ2n) is 10.2. The summed E-state index contributed by atoms with van der Waals surface area (Å²) in [5.74, 6) is 0. The van der Waals surface area contributed by atoms with Gasteiger partial charge in [-0.25, -0.2) is 8.42 Å². The number of nitrogens with zero attached hydrogens (tertiary/aromatic N) is 1. The average molecular weight is 506 g/mol. The molecule has 4 nitrogen and oxygen atoms in total. The minimum atomic E-state index is -3.68. The summed E-state index contributed by atoms with van der Waals surface area (Å²) in [4.78, 5) is 0.310. The summed E-state index contributed by atoms with van der Waals surface area (Å²) in [6.45, 7) is 9.00. The summed E-state index contributed by atoms with van der Waals surface area (Å²) in [6.07, 6.45) is 5.21. The second kappa shape index (κ2) is 10.1. The van der Waals surface area contributed by atoms with Crippen LogP contribution in [-0.4, -0.2) is 33.7 Å². The molecule has 0 saturated carbocycles. The zero-order chi connectivity index (χ0) is 25.1. The molecule has 1 aliphatic heterocycles. The molecule has 0 saturated heterocycles. The quantitative estimate of drug-likeness (QED) is 0.413. The zero-order valence-corrected chi connectivity index (χ0v) is 22.8. The zero-order valence-electron chi connectivity index (χ0n) is 21.0. The van der Waals surface area contributed by atoms with Gasteiger partial charge in [-0.3, -0.25) is 4.31 Å². The van der Waals surface area contributed by atoms with Gasteiger partial charge in [-0.1, -0.05) is 105 Å². The first-order valence-corrected chi connectivity index (χ1v) is 15.5. The Labute approximate surface area is 211 Å². The third-order valence-corrected chi connectivity index (χ3v) is 13.6. The van der Waals surface area contributed by atoms with E-state index >= 15 is 0 Å². The fraction of sp³-hybridized carbons (Fsp3) is 0.310. The normalized spacial score (nSPS) is 16.9. The molecule has 0 radical (unpaired) electrons. The van der Waals surface area contributed by atoms with Gasteiger partial charge >= 0.3 is 0 Å². The Hall–Kier alpha value is -2.67. The number of rotatable bonds is 7. The smallest absolute Gasteiger partial charge is 0.264 e. The molecule has 184 valence electrons. The van der Waals surface area contributed by atoms with Gasteiger partial charge in [0, 0.05) is 6.20 Å². The van der Waals surface area contributed by atoms with Gasteiger partial charge in [-0.2, -0.15) is 0 Å². The Morgan fingerprint density at radius 2 is 1.43 bits per heavy atom. The molecule has 0 aliphatic carbocycles. The maximum Gasteiger partial charge on any atom is 0.264 e. The summed E-state index contributed by atoms with van der Waals surface area (Å²) in [7, 11) is -6.43. The highest BCUT2D eigenvalue weighted by atomic mass is 32.2. The van der Waals surface area contributed by atoms with E-state index in [2.05, 4.69) is 69.3 Å². The van der Waals surface area contributed by atoms with Crippen molar-refractivity contribution in [2.75, 3.05) is 6.61 Å². The molecular formula is C29H35NO3SSi. The lowest BCUT2D eigenvalue weighted by Crippen LogP contribution is -2.67. The van der Waals surface area contributed by atoms with Crippen LogP contribution in [0.5, 0.6) is 0 Å². The van der Waals surface area contributed by atoms with E-state index in [0.29, 0.717) is 11.5 Å². The maximum absolute atomic E-state index is 13.6. The van der Waals surface area contributed by atoms with Crippen LogP contribution < -0.4 is 10.4 Å². The highest BCUT2D eigenvalue weighted by molar-refractivity contribution is 7.89. The van der Waals surface area contributed by atoms with Crippen molar-refractivity contribution >= 4 is 28.7 Å². The molecule has 1 aliphatic rings. The Bertz CT molecular complexity index is 1210. The molecule has 0 fully saturated rings. The first kappa shape index (κ1) is 25.4. The lowest BCUT2D eigenvalue weighted by atomic mass is 10.1. The molecule has 0 amide bonds. The lowest BCUT2D eigenvalue weighted by molar-refractivity contribution is 0.207. The predicted molar refractivity (Wildman–Crippen MR) is 146 cm³/mol. The first-order valence-electron chi connectivity index (χ1n) is 12.2. The molecule has 3 aromatic carbocycles. The Morgan fingerprint density at radius 3 is 1.94 bits per heavy atom. The van der Waals surface area contributed by atoms with Crippen molar-refractivity contribution < 1.29 is 12.8 Å². The van der Waals surface area contributed by atoms with Crippen LogP contribution in [0.1, 0.15) is 39.2 Å². The molecule has 35 heavy (non-hydrogen) atoms. The number of benzene rings is 3. The average Bonchev–Trinajstić information content (AvgIpc) is 2.85. The van der Waals surface area contributed by atoms with Crippen molar-refractivity contribution in [1.82, 2.24) is 4.31 Å². The maximum atomic E-state index is 13.6. The van der Waals surface area contributed by atoms with Crippen LogP contribution in [-0.2, 0) is 14.4 Å². The summed E-state index contributed by atoms with van der Waals surface area (Å²) < 4.78 is 35.8. The van der Waals surface area contributed by atoms with Crippen LogP contribution in [0.25, 0.3) is 0 Å². The van der Waals surface area contributed by atoms with Gasteiger partial charge in [-0.05, 0) is 47.3 Å². The van der Waals surface area contributed by atoms with Gasteiger partial charge in [0.2, 0.25) is 0 Å². The largest absolute Gasteiger partial charge is 0.405 e. The summed E-state index contributed by atoms with van der Waals surface area (Å²) >= 11 is 0. The molecule has 1 heterocycles. The van der Waals surface area contributed by atoms with Crippen molar-refractivity contribution in [1.29, 1.82) is 0 Å². The van der Waals surface area contributed by atoms with E-state index in [0.717, 1.165) is 18.4 Å². The fourth-order valence-electron chi connectivity index (χ4n) is 4.96. The molecule has 0 spiro atoms. The van der Waals surface area contributed by atoms with Gasteiger partial charge in [-0.15, -0.1) is 0 Å². The molecule has 0 aromatic heterocycles. The van der Waals surface area contributed by atoms with Crippen LogP contribution in [0.3, 0.4) is 0 Å². The first-order chi connectivity index (χ1) is 16.7. The standard InChI is InChI=1S/C29H35NO3SSi/c1-24-18-20-26(21-19-24)34(31,32)30-22-12-11-13-25(30)23-33-35(29(2,3)4,27-14-7-5-8-15-27)28-16-9-6-10-17-28/h5-10,12,14-22,25H,11,13,23H2,1-4H3/t25-/m0/s1. The van der Waals surface area contributed by atoms with Crippen molar-refractivity contribution in [3.05, 3.63) is 103 Å². The predicted octanol–water partition coefficient (Wildman–Crippen LogP) is 5.24. The molecule has 1 atom stereocenters. The highest BCUT2D eigenvalue weighted by Gasteiger charge is 2.50. The van der Waals surface area contributed by atoms with E-state index in [-0.39, 0.29) is 11.1 Å². The Morgan fingerprint density at radius 1 is 0.886 bits per heavy atom. The number of hydrogen-bond acceptors (Lipinski definition) is 3. The van der Waals surface area contributed by atoms with Crippen LogP contribution in [0.15, 0.2) is 102 Å². The summed E-state index contributed by atoms with van der Waals surface area (Å²) in [6, 6.07) is 27.7. The fourth-order valence-corrected chi connectivity index (χ4v) is 11.1. The molecule has 6 heteroatoms. The van der Waals surface area contributed by atoms with Gasteiger partial charge in [0.15, 0.2) is 0 Å². The topological polar surface area (TPSA) is 46.6 Å². The van der Waals surface area contributed by atoms with E-state index in [1.54, 1.807) is 18.3 Å². The minimum Gasteiger partial charge on any atom is -0.405 e. The monoisotopic (exact) mass is 505 g/mol. The summed E-state index contributed by atoms with van der Waals surface area (Å²) in [5.41, 5.74) is 1.03. The van der Waals surface area contributed by atoms with Gasteiger partial charge in [0.1, 0.15) is 0 Å². The minimum absolute atomic E-state index is 0.166. The van der Waals surface area contributed by atoms with E-state index in [1.165, 1.54) is 14.7 Å². The van der Waals surface area contributed by atoms with Crippen molar-refractivity contribution in [2.45, 2.75) is 56.5 Å². The van der Waals surface area contributed by atoms with E-state index in [9.17, 15) is 8.42 Å². The third-order valence-electron chi connectivity index (χ3n) is 6.78. The van der Waals surface area contributed by atoms with Crippen molar-refractivity contribution in [3.8, 4) is 0 Å². The number of allylic oxidation sites excluding steroid dienone is 1. The number of hydrogen-bond donors (Lipinski definition) is 0. The Balaban J connectivity index is 1.73. The van der Waals surface area contributed by atoms with Gasteiger partial charge in [0.05, 0.1) is 17.5 Å². The second-order valence-corrected chi connectivity index (χ2v) is 16.4. The van der Waals surface area contributed by atoms with Crippen LogP contribution in [0.2, 0.25) is 5.04 Å². The van der Waals surface area contributed by atoms with Gasteiger partial charge in [0.25, 0.3) is 18.3 Å². The van der Waals surface area contributed by atoms with E-state index in [4.69, 9.17) is 4.43 Å². The lowest BCUT2D eigenvalue weighted by Gasteiger charge is -2.44. The number of sulfonamides is 1. The highest BCUT2D eigenvalue weighted by Crippen LogP contribution is 2.37. The third kappa shape index (κ3) is 5.01. The number of aryl methyl sites for hydroxylation is 1. The molecular weight excluding hydrogens is 470 g/mol. The summed E-state index contributed by atoms with van der Waals surface area (Å²) in [5, 5.41) is 2.22. The SMILES string of the molecule is Cc1ccc(S(=O)(=O)N2C=CCC[C@H]2CO[Si](c2ccccc2)(c2ccccc2)C(C)(C)C)cc1. The van der Waals surface area contributed by atoms with E-state index < -0.39 is 18.3 Å². The van der Waals surface area contributed by atoms with Crippen LogP contribution in [0.4, 0.5) is 0 Å². The molecule has 0 bridgehead atoms. The Kier molecular flexibility index (Phi) is 7.36. The van der Waals surface area contributed by atoms with Crippen LogP contribution >= 0.6 is 0 Å². The molecule has 3 aromatic rings. The van der Waals surface area contributed by atoms with Crippen LogP contribution in [0, 0.1) is 6.92 Å². The molecule has 0 N–H and O–H groups in total. The molecule has 0 unspecified atom stereocenters. The van der Waals surface area contributed by atoms with E-state index in [1.807, 2.05) is 37.3 Å². The van der Waals surface area contributed by atoms with Gasteiger partial charge < -0.3 is 4.43 Å².